The van der Waals surface area contributed by atoms with Crippen LogP contribution in [-0.2, 0) is 0 Å². The number of rotatable bonds is 2. The van der Waals surface area contributed by atoms with E-state index in [1.165, 1.54) is 12.0 Å². The SMILES string of the molecule is [B]C(=O)N1CCC(=C(c2ccccc2)c2nnco2)CC1. The van der Waals surface area contributed by atoms with E-state index in [4.69, 9.17) is 12.3 Å². The van der Waals surface area contributed by atoms with Gasteiger partial charge in [0.05, 0.1) is 0 Å². The van der Waals surface area contributed by atoms with Crippen molar-refractivity contribution in [1.29, 1.82) is 0 Å². The molecule has 0 spiro atoms. The minimum absolute atomic E-state index is 0.367. The molecule has 0 aliphatic carbocycles. The number of carbonyl (C=O) groups is 1. The molecular weight excluding hydrogens is 265 g/mol. The largest absolute Gasteiger partial charge is 0.423 e. The van der Waals surface area contributed by atoms with Crippen LogP contribution < -0.4 is 0 Å². The minimum Gasteiger partial charge on any atom is -0.423 e. The number of carbonyl (C=O) groups excluding carboxylic acids is 1. The van der Waals surface area contributed by atoms with Gasteiger partial charge in [0.1, 0.15) is 0 Å². The van der Waals surface area contributed by atoms with E-state index in [1.54, 1.807) is 4.90 Å². The predicted octanol–water partition coefficient (Wildman–Crippen LogP) is 2.26. The molecule has 6 heteroatoms. The molecule has 2 heterocycles. The van der Waals surface area contributed by atoms with Gasteiger partial charge in [-0.1, -0.05) is 35.9 Å². The van der Waals surface area contributed by atoms with E-state index < -0.39 is 0 Å². The van der Waals surface area contributed by atoms with E-state index in [2.05, 4.69) is 10.2 Å². The van der Waals surface area contributed by atoms with Crippen molar-refractivity contribution in [3.8, 4) is 0 Å². The Hall–Kier alpha value is -2.37. The maximum absolute atomic E-state index is 11.2. The van der Waals surface area contributed by atoms with Crippen LogP contribution in [0.2, 0.25) is 0 Å². The Labute approximate surface area is 124 Å². The highest BCUT2D eigenvalue weighted by atomic mass is 16.4. The molecule has 1 aliphatic rings. The summed E-state index contributed by atoms with van der Waals surface area (Å²) >= 11 is 0. The molecule has 1 aliphatic heterocycles. The maximum Gasteiger partial charge on any atom is 0.247 e. The van der Waals surface area contributed by atoms with Gasteiger partial charge in [0.25, 0.3) is 0 Å². The third-order valence-electron chi connectivity index (χ3n) is 3.67. The zero-order valence-electron chi connectivity index (χ0n) is 11.5. The lowest BCUT2D eigenvalue weighted by molar-refractivity contribution is 0.217. The van der Waals surface area contributed by atoms with Crippen molar-refractivity contribution in [1.82, 2.24) is 15.1 Å². The lowest BCUT2D eigenvalue weighted by Gasteiger charge is -2.29. The van der Waals surface area contributed by atoms with Crippen LogP contribution in [0.25, 0.3) is 5.57 Å². The molecule has 104 valence electrons. The van der Waals surface area contributed by atoms with Gasteiger partial charge in [-0.3, -0.25) is 4.79 Å². The average molecular weight is 279 g/mol. The molecule has 0 N–H and O–H groups in total. The van der Waals surface area contributed by atoms with Crippen LogP contribution in [-0.4, -0.2) is 41.8 Å². The first-order chi connectivity index (χ1) is 10.3. The number of benzene rings is 1. The quantitative estimate of drug-likeness (QED) is 0.791. The summed E-state index contributed by atoms with van der Waals surface area (Å²) in [5.74, 6) is 0.150. The number of piperidine rings is 1. The van der Waals surface area contributed by atoms with Crippen molar-refractivity contribution < 1.29 is 9.21 Å². The number of likely N-dealkylation sites (tertiary alicyclic amines) is 1. The second kappa shape index (κ2) is 5.95. The molecule has 1 saturated heterocycles. The van der Waals surface area contributed by atoms with Crippen molar-refractivity contribution in [2.45, 2.75) is 12.8 Å². The molecular formula is C15H14BN3O2. The summed E-state index contributed by atoms with van der Waals surface area (Å²) in [7, 11) is 5.32. The van der Waals surface area contributed by atoms with Crippen LogP contribution >= 0.6 is 0 Å². The topological polar surface area (TPSA) is 59.2 Å². The molecule has 0 saturated carbocycles. The molecule has 3 rings (SSSR count). The third kappa shape index (κ3) is 2.89. The summed E-state index contributed by atoms with van der Waals surface area (Å²) in [5.41, 5.74) is 3.23. The summed E-state index contributed by atoms with van der Waals surface area (Å²) in [5, 5.41) is 7.81. The van der Waals surface area contributed by atoms with E-state index >= 15 is 0 Å². The first-order valence-electron chi connectivity index (χ1n) is 6.84. The Morgan fingerprint density at radius 1 is 1.19 bits per heavy atom. The van der Waals surface area contributed by atoms with Crippen molar-refractivity contribution in [3.63, 3.8) is 0 Å². The fourth-order valence-corrected chi connectivity index (χ4v) is 2.61. The number of amides is 1. The smallest absolute Gasteiger partial charge is 0.247 e. The van der Waals surface area contributed by atoms with E-state index in [1.807, 2.05) is 30.3 Å². The molecule has 1 aromatic carbocycles. The highest BCUT2D eigenvalue weighted by Crippen LogP contribution is 2.31. The minimum atomic E-state index is -0.367. The van der Waals surface area contributed by atoms with E-state index in [-0.39, 0.29) is 5.81 Å². The molecule has 1 aromatic heterocycles. The Bertz CT molecular complexity index is 643. The van der Waals surface area contributed by atoms with Gasteiger partial charge in [-0.05, 0) is 18.4 Å². The maximum atomic E-state index is 11.2. The standard InChI is InChI=1S/C15H14BN3O2/c16-15(20)19-8-6-12(7-9-19)13(14-18-17-10-21-14)11-4-2-1-3-5-11/h1-5,10H,6-9H2. The van der Waals surface area contributed by atoms with Gasteiger partial charge in [0.15, 0.2) is 5.81 Å². The lowest BCUT2D eigenvalue weighted by Crippen LogP contribution is -2.35. The van der Waals surface area contributed by atoms with Crippen molar-refractivity contribution >= 4 is 19.2 Å². The van der Waals surface area contributed by atoms with Crippen molar-refractivity contribution in [2.75, 3.05) is 13.1 Å². The Morgan fingerprint density at radius 2 is 1.90 bits per heavy atom. The Balaban J connectivity index is 1.97. The fourth-order valence-electron chi connectivity index (χ4n) is 2.61. The molecule has 21 heavy (non-hydrogen) atoms. The third-order valence-corrected chi connectivity index (χ3v) is 3.67. The van der Waals surface area contributed by atoms with Gasteiger partial charge >= 0.3 is 0 Å². The van der Waals surface area contributed by atoms with Crippen LogP contribution in [0.4, 0.5) is 4.79 Å². The van der Waals surface area contributed by atoms with Gasteiger partial charge in [0.2, 0.25) is 20.1 Å². The zero-order valence-corrected chi connectivity index (χ0v) is 11.5. The number of aromatic nitrogens is 2. The molecule has 2 radical (unpaired) electrons. The van der Waals surface area contributed by atoms with Crippen LogP contribution in [0, 0.1) is 0 Å². The van der Waals surface area contributed by atoms with Crippen molar-refractivity contribution in [2.24, 2.45) is 0 Å². The van der Waals surface area contributed by atoms with Crippen LogP contribution in [0.5, 0.6) is 0 Å². The number of hydrogen-bond donors (Lipinski definition) is 0. The highest BCUT2D eigenvalue weighted by molar-refractivity contribution is 6.56. The monoisotopic (exact) mass is 279 g/mol. The summed E-state index contributed by atoms with van der Waals surface area (Å²) in [6.07, 6.45) is 2.85. The second-order valence-electron chi connectivity index (χ2n) is 4.91. The van der Waals surface area contributed by atoms with Crippen LogP contribution in [0.1, 0.15) is 24.3 Å². The van der Waals surface area contributed by atoms with Gasteiger partial charge in [-0.15, -0.1) is 10.2 Å². The fraction of sp³-hybridized carbons (Fsp3) is 0.267. The summed E-state index contributed by atoms with van der Waals surface area (Å²) in [6, 6.07) is 9.96. The lowest BCUT2D eigenvalue weighted by atomic mass is 9.92. The van der Waals surface area contributed by atoms with E-state index in [0.717, 1.165) is 24.0 Å². The molecule has 2 aromatic rings. The molecule has 5 nitrogen and oxygen atoms in total. The summed E-state index contributed by atoms with van der Waals surface area (Å²) in [4.78, 5) is 12.9. The molecule has 0 atom stereocenters. The summed E-state index contributed by atoms with van der Waals surface area (Å²) < 4.78 is 5.39. The zero-order chi connectivity index (χ0) is 14.7. The average Bonchev–Trinajstić information content (AvgIpc) is 3.03. The van der Waals surface area contributed by atoms with Crippen LogP contribution in [0.3, 0.4) is 0 Å². The predicted molar refractivity (Wildman–Crippen MR) is 78.7 cm³/mol. The van der Waals surface area contributed by atoms with Crippen LogP contribution in [0.15, 0.2) is 46.7 Å². The molecule has 1 amide bonds. The normalized spacial score (nSPS) is 15.0. The first kappa shape index (κ1) is 13.6. The second-order valence-corrected chi connectivity index (χ2v) is 4.91. The Kier molecular flexibility index (Phi) is 3.86. The molecule has 0 bridgehead atoms. The molecule has 0 unspecified atom stereocenters. The van der Waals surface area contributed by atoms with Gasteiger partial charge in [0, 0.05) is 18.7 Å². The van der Waals surface area contributed by atoms with Gasteiger partial charge in [-0.2, -0.15) is 0 Å². The number of nitrogens with zero attached hydrogens (tertiary/aromatic N) is 3. The van der Waals surface area contributed by atoms with Crippen molar-refractivity contribution in [3.05, 3.63) is 53.8 Å². The van der Waals surface area contributed by atoms with E-state index in [0.29, 0.717) is 19.0 Å². The number of hydrogen-bond acceptors (Lipinski definition) is 4. The van der Waals surface area contributed by atoms with Gasteiger partial charge < -0.3 is 9.32 Å². The molecule has 1 fully saturated rings. The summed E-state index contributed by atoms with van der Waals surface area (Å²) in [6.45, 7) is 1.24. The van der Waals surface area contributed by atoms with Gasteiger partial charge in [-0.25, -0.2) is 0 Å². The van der Waals surface area contributed by atoms with E-state index in [9.17, 15) is 4.79 Å². The highest BCUT2D eigenvalue weighted by Gasteiger charge is 2.22. The first-order valence-corrected chi connectivity index (χ1v) is 6.84. The Morgan fingerprint density at radius 3 is 2.48 bits per heavy atom.